The zero-order valence-corrected chi connectivity index (χ0v) is 12.3. The van der Waals surface area contributed by atoms with Crippen LogP contribution in [0.25, 0.3) is 0 Å². The van der Waals surface area contributed by atoms with Gasteiger partial charge in [0.05, 0.1) is 12.3 Å². The van der Waals surface area contributed by atoms with Crippen LogP contribution >= 0.6 is 11.8 Å². The third kappa shape index (κ3) is 3.42. The molecule has 1 N–H and O–H groups in total. The van der Waals surface area contributed by atoms with Crippen LogP contribution in [0.5, 0.6) is 0 Å². The minimum atomic E-state index is 0.284. The lowest BCUT2D eigenvalue weighted by Crippen LogP contribution is -2.25. The van der Waals surface area contributed by atoms with Gasteiger partial charge in [-0.1, -0.05) is 0 Å². The van der Waals surface area contributed by atoms with Gasteiger partial charge in [-0.25, -0.2) is 4.98 Å². The smallest absolute Gasteiger partial charge is 0.203 e. The second kappa shape index (κ2) is 6.48. The molecule has 1 aromatic rings. The van der Waals surface area contributed by atoms with E-state index >= 15 is 0 Å². The molecule has 2 unspecified atom stereocenters. The van der Waals surface area contributed by atoms with Crippen molar-refractivity contribution in [2.24, 2.45) is 0 Å². The van der Waals surface area contributed by atoms with Crippen molar-refractivity contribution in [3.05, 3.63) is 11.9 Å². The lowest BCUT2D eigenvalue weighted by molar-refractivity contribution is 0.190. The van der Waals surface area contributed by atoms with Crippen LogP contribution in [0.15, 0.2) is 6.20 Å². The molecule has 5 heteroatoms. The van der Waals surface area contributed by atoms with Gasteiger partial charge in [-0.05, 0) is 32.4 Å². The van der Waals surface area contributed by atoms with Gasteiger partial charge in [0, 0.05) is 31.1 Å². The first-order valence-corrected chi connectivity index (χ1v) is 7.75. The maximum Gasteiger partial charge on any atom is 0.203 e. The highest BCUT2D eigenvalue weighted by molar-refractivity contribution is 7.99. The van der Waals surface area contributed by atoms with Crippen molar-refractivity contribution in [3.8, 4) is 0 Å². The van der Waals surface area contributed by atoms with Crippen molar-refractivity contribution in [3.63, 3.8) is 0 Å². The van der Waals surface area contributed by atoms with Crippen molar-refractivity contribution in [2.75, 3.05) is 30.5 Å². The number of ether oxygens (including phenoxy) is 1. The van der Waals surface area contributed by atoms with Gasteiger partial charge in [0.15, 0.2) is 0 Å². The monoisotopic (exact) mass is 269 g/mol. The number of thioether (sulfide) groups is 1. The van der Waals surface area contributed by atoms with E-state index in [1.165, 1.54) is 24.3 Å². The number of anilines is 1. The van der Waals surface area contributed by atoms with Gasteiger partial charge in [0.1, 0.15) is 0 Å². The summed E-state index contributed by atoms with van der Waals surface area (Å²) in [5, 5.41) is 3.45. The van der Waals surface area contributed by atoms with Gasteiger partial charge in [-0.3, -0.25) is 0 Å². The van der Waals surface area contributed by atoms with E-state index in [0.29, 0.717) is 12.6 Å². The molecular weight excluding hydrogens is 246 g/mol. The van der Waals surface area contributed by atoms with E-state index in [9.17, 15) is 0 Å². The standard InChI is InChI=1S/C13H23N3OS/c1-10-7-16(12-5-4-6-18-9-12)13(14-10)15-11(2)8-17-3/h7,11-12H,4-6,8-9H2,1-3H3,(H,14,15). The summed E-state index contributed by atoms with van der Waals surface area (Å²) in [7, 11) is 1.73. The lowest BCUT2D eigenvalue weighted by Gasteiger charge is -2.25. The maximum atomic E-state index is 5.16. The maximum absolute atomic E-state index is 5.16. The molecule has 1 aliphatic heterocycles. The summed E-state index contributed by atoms with van der Waals surface area (Å²) in [5.41, 5.74) is 1.08. The van der Waals surface area contributed by atoms with E-state index < -0.39 is 0 Å². The van der Waals surface area contributed by atoms with Gasteiger partial charge >= 0.3 is 0 Å². The summed E-state index contributed by atoms with van der Waals surface area (Å²) >= 11 is 2.04. The fraction of sp³-hybridized carbons (Fsp3) is 0.769. The Morgan fingerprint density at radius 1 is 1.67 bits per heavy atom. The quantitative estimate of drug-likeness (QED) is 0.892. The molecule has 0 bridgehead atoms. The SMILES string of the molecule is COCC(C)Nc1nc(C)cn1C1CCCSC1. The molecule has 0 saturated carbocycles. The molecule has 2 rings (SSSR count). The highest BCUT2D eigenvalue weighted by Gasteiger charge is 2.19. The molecule has 2 atom stereocenters. The second-order valence-electron chi connectivity index (χ2n) is 4.98. The van der Waals surface area contributed by atoms with Crippen LogP contribution in [0.2, 0.25) is 0 Å². The average molecular weight is 269 g/mol. The molecule has 2 heterocycles. The summed E-state index contributed by atoms with van der Waals surface area (Å²) < 4.78 is 7.48. The molecule has 0 spiro atoms. The minimum Gasteiger partial charge on any atom is -0.383 e. The Hall–Kier alpha value is -0.680. The van der Waals surface area contributed by atoms with Crippen LogP contribution < -0.4 is 5.32 Å². The van der Waals surface area contributed by atoms with Crippen molar-refractivity contribution >= 4 is 17.7 Å². The van der Waals surface area contributed by atoms with Gasteiger partial charge in [-0.2, -0.15) is 11.8 Å². The Labute approximate surface area is 114 Å². The van der Waals surface area contributed by atoms with Crippen LogP contribution in [0.4, 0.5) is 5.95 Å². The van der Waals surface area contributed by atoms with Crippen LogP contribution in [0, 0.1) is 6.92 Å². The van der Waals surface area contributed by atoms with Gasteiger partial charge < -0.3 is 14.6 Å². The van der Waals surface area contributed by atoms with E-state index in [2.05, 4.69) is 34.9 Å². The van der Waals surface area contributed by atoms with Crippen LogP contribution in [0.1, 0.15) is 31.5 Å². The second-order valence-corrected chi connectivity index (χ2v) is 6.13. The van der Waals surface area contributed by atoms with Crippen molar-refractivity contribution in [1.82, 2.24) is 9.55 Å². The lowest BCUT2D eigenvalue weighted by atomic mass is 10.2. The number of rotatable bonds is 5. The van der Waals surface area contributed by atoms with Crippen molar-refractivity contribution in [1.29, 1.82) is 0 Å². The van der Waals surface area contributed by atoms with Crippen LogP contribution in [-0.4, -0.2) is 40.8 Å². The summed E-state index contributed by atoms with van der Waals surface area (Å²) in [5.74, 6) is 3.49. The van der Waals surface area contributed by atoms with E-state index in [1.54, 1.807) is 7.11 Å². The number of imidazole rings is 1. The Balaban J connectivity index is 2.09. The molecule has 4 nitrogen and oxygen atoms in total. The van der Waals surface area contributed by atoms with Gasteiger partial charge in [0.2, 0.25) is 5.95 Å². The number of methoxy groups -OCH3 is 1. The average Bonchev–Trinajstić information content (AvgIpc) is 2.71. The largest absolute Gasteiger partial charge is 0.383 e. The van der Waals surface area contributed by atoms with Crippen molar-refractivity contribution in [2.45, 2.75) is 38.8 Å². The number of nitrogens with zero attached hydrogens (tertiary/aromatic N) is 2. The highest BCUT2D eigenvalue weighted by atomic mass is 32.2. The molecule has 0 aliphatic carbocycles. The number of hydrogen-bond donors (Lipinski definition) is 1. The minimum absolute atomic E-state index is 0.284. The Morgan fingerprint density at radius 2 is 2.50 bits per heavy atom. The van der Waals surface area contributed by atoms with Crippen molar-refractivity contribution < 1.29 is 4.74 Å². The number of hydrogen-bond acceptors (Lipinski definition) is 4. The molecule has 0 amide bonds. The normalized spacial score (nSPS) is 21.8. The molecule has 1 aromatic heterocycles. The highest BCUT2D eigenvalue weighted by Crippen LogP contribution is 2.29. The Bertz CT molecular complexity index is 374. The topological polar surface area (TPSA) is 39.1 Å². The molecule has 1 aliphatic rings. The molecular formula is C13H23N3OS. The first-order valence-electron chi connectivity index (χ1n) is 6.59. The Morgan fingerprint density at radius 3 is 3.17 bits per heavy atom. The first-order chi connectivity index (χ1) is 8.70. The van der Waals surface area contributed by atoms with Gasteiger partial charge in [0.25, 0.3) is 0 Å². The zero-order chi connectivity index (χ0) is 13.0. The number of nitrogens with one attached hydrogen (secondary N) is 1. The zero-order valence-electron chi connectivity index (χ0n) is 11.5. The summed E-state index contributed by atoms with van der Waals surface area (Å²) in [6.07, 6.45) is 4.73. The van der Waals surface area contributed by atoms with Crippen LogP contribution in [-0.2, 0) is 4.74 Å². The Kier molecular flexibility index (Phi) is 4.95. The van der Waals surface area contributed by atoms with E-state index in [4.69, 9.17) is 4.74 Å². The summed E-state index contributed by atoms with van der Waals surface area (Å²) in [6.45, 7) is 4.87. The first kappa shape index (κ1) is 13.7. The third-order valence-corrected chi connectivity index (χ3v) is 4.37. The molecule has 102 valence electrons. The summed E-state index contributed by atoms with van der Waals surface area (Å²) in [4.78, 5) is 4.60. The summed E-state index contributed by atoms with van der Waals surface area (Å²) in [6, 6.07) is 0.869. The number of aromatic nitrogens is 2. The van der Waals surface area contributed by atoms with Gasteiger partial charge in [-0.15, -0.1) is 0 Å². The molecule has 18 heavy (non-hydrogen) atoms. The van der Waals surface area contributed by atoms with E-state index in [0.717, 1.165) is 11.6 Å². The van der Waals surface area contributed by atoms with Crippen LogP contribution in [0.3, 0.4) is 0 Å². The fourth-order valence-electron chi connectivity index (χ4n) is 2.36. The number of aryl methyl sites for hydroxylation is 1. The molecule has 0 aromatic carbocycles. The predicted molar refractivity (Wildman–Crippen MR) is 77.5 cm³/mol. The third-order valence-electron chi connectivity index (χ3n) is 3.17. The molecule has 1 saturated heterocycles. The molecule has 0 radical (unpaired) electrons. The van der Waals surface area contributed by atoms with E-state index in [-0.39, 0.29) is 6.04 Å². The predicted octanol–water partition coefficient (Wildman–Crippen LogP) is 2.71. The van der Waals surface area contributed by atoms with E-state index in [1.807, 2.05) is 11.8 Å². The fourth-order valence-corrected chi connectivity index (χ4v) is 3.49. The molecule has 1 fully saturated rings.